The number of rotatable bonds is 6. The number of carbonyl (C=O) groups excluding carboxylic acids is 1. The van der Waals surface area contributed by atoms with Gasteiger partial charge in [-0.1, -0.05) is 27.7 Å². The molecular formula is C16H26N2O2. The van der Waals surface area contributed by atoms with Crippen molar-refractivity contribution in [1.29, 1.82) is 0 Å². The van der Waals surface area contributed by atoms with Crippen LogP contribution < -0.4 is 15.4 Å². The summed E-state index contributed by atoms with van der Waals surface area (Å²) in [6.07, 6.45) is 0. The van der Waals surface area contributed by atoms with E-state index in [2.05, 4.69) is 38.3 Å². The molecule has 0 saturated carbocycles. The van der Waals surface area contributed by atoms with Gasteiger partial charge in [-0.3, -0.25) is 0 Å². The molecule has 4 nitrogen and oxygen atoms in total. The lowest BCUT2D eigenvalue weighted by atomic mass is 9.85. The molecule has 0 aliphatic rings. The van der Waals surface area contributed by atoms with Gasteiger partial charge in [-0.25, -0.2) is 4.79 Å². The van der Waals surface area contributed by atoms with Gasteiger partial charge in [0.15, 0.2) is 0 Å². The summed E-state index contributed by atoms with van der Waals surface area (Å²) in [6.45, 7) is 9.44. The molecule has 112 valence electrons. The summed E-state index contributed by atoms with van der Waals surface area (Å²) in [5.41, 5.74) is 0.758. The lowest BCUT2D eigenvalue weighted by molar-refractivity contribution is 0.239. The first-order valence-corrected chi connectivity index (χ1v) is 7.13. The molecule has 0 atom stereocenters. The van der Waals surface area contributed by atoms with Crippen LogP contribution in [0, 0.1) is 17.8 Å². The van der Waals surface area contributed by atoms with Crippen molar-refractivity contribution in [1.82, 2.24) is 5.32 Å². The van der Waals surface area contributed by atoms with Gasteiger partial charge in [0.2, 0.25) is 0 Å². The van der Waals surface area contributed by atoms with Crippen LogP contribution in [-0.2, 0) is 0 Å². The highest BCUT2D eigenvalue weighted by atomic mass is 16.5. The predicted octanol–water partition coefficient (Wildman–Crippen LogP) is 3.74. The van der Waals surface area contributed by atoms with Crippen molar-refractivity contribution in [2.45, 2.75) is 27.7 Å². The monoisotopic (exact) mass is 278 g/mol. The van der Waals surface area contributed by atoms with E-state index in [1.807, 2.05) is 24.3 Å². The number of hydrogen-bond acceptors (Lipinski definition) is 2. The second-order valence-electron chi connectivity index (χ2n) is 5.72. The third-order valence-corrected chi connectivity index (χ3v) is 3.56. The fraction of sp³-hybridized carbons (Fsp3) is 0.562. The number of ether oxygens (including phenoxy) is 1. The Bertz CT molecular complexity index is 405. The quantitative estimate of drug-likeness (QED) is 0.832. The molecule has 1 aromatic carbocycles. The molecule has 0 bridgehead atoms. The SMILES string of the molecule is COc1ccc(NC(=O)NCC(C(C)C)C(C)C)cc1. The topological polar surface area (TPSA) is 50.4 Å². The Morgan fingerprint density at radius 1 is 1.10 bits per heavy atom. The molecule has 1 rings (SSSR count). The Balaban J connectivity index is 2.46. The van der Waals surface area contributed by atoms with E-state index in [0.717, 1.165) is 11.4 Å². The summed E-state index contributed by atoms with van der Waals surface area (Å²) < 4.78 is 5.08. The third kappa shape index (κ3) is 5.11. The van der Waals surface area contributed by atoms with Gasteiger partial charge in [-0.2, -0.15) is 0 Å². The minimum atomic E-state index is -0.165. The zero-order valence-electron chi connectivity index (χ0n) is 13.1. The largest absolute Gasteiger partial charge is 0.497 e. The number of anilines is 1. The van der Waals surface area contributed by atoms with Crippen LogP contribution in [0.2, 0.25) is 0 Å². The number of urea groups is 1. The number of amides is 2. The standard InChI is InChI=1S/C16H26N2O2/c1-11(2)15(12(3)4)10-17-16(19)18-13-6-8-14(20-5)9-7-13/h6-9,11-12,15H,10H2,1-5H3,(H2,17,18,19). The van der Waals surface area contributed by atoms with Crippen LogP contribution >= 0.6 is 0 Å². The summed E-state index contributed by atoms with van der Waals surface area (Å²) in [6, 6.07) is 7.12. The summed E-state index contributed by atoms with van der Waals surface area (Å²) in [7, 11) is 1.62. The number of benzene rings is 1. The van der Waals surface area contributed by atoms with Crippen molar-refractivity contribution in [3.05, 3.63) is 24.3 Å². The predicted molar refractivity (Wildman–Crippen MR) is 83.2 cm³/mol. The Labute approximate surface area is 121 Å². The maximum Gasteiger partial charge on any atom is 0.319 e. The van der Waals surface area contributed by atoms with Crippen LogP contribution in [0.3, 0.4) is 0 Å². The molecule has 0 aromatic heterocycles. The molecule has 4 heteroatoms. The molecule has 0 fully saturated rings. The van der Waals surface area contributed by atoms with E-state index in [-0.39, 0.29) is 6.03 Å². The molecule has 0 heterocycles. The summed E-state index contributed by atoms with van der Waals surface area (Å²) in [5, 5.41) is 5.76. The van der Waals surface area contributed by atoms with E-state index in [1.165, 1.54) is 0 Å². The van der Waals surface area contributed by atoms with E-state index in [4.69, 9.17) is 4.74 Å². The van der Waals surface area contributed by atoms with Crippen LogP contribution in [0.5, 0.6) is 5.75 Å². The fourth-order valence-corrected chi connectivity index (χ4v) is 2.30. The van der Waals surface area contributed by atoms with Crippen LogP contribution in [-0.4, -0.2) is 19.7 Å². The molecule has 0 unspecified atom stereocenters. The van der Waals surface area contributed by atoms with Gasteiger partial charge in [0, 0.05) is 12.2 Å². The molecule has 0 radical (unpaired) electrons. The first-order chi connectivity index (χ1) is 9.43. The lowest BCUT2D eigenvalue weighted by Gasteiger charge is -2.25. The normalized spacial score (nSPS) is 11.0. The van der Waals surface area contributed by atoms with Crippen molar-refractivity contribution in [2.75, 3.05) is 19.0 Å². The van der Waals surface area contributed by atoms with E-state index >= 15 is 0 Å². The number of carbonyl (C=O) groups is 1. The van der Waals surface area contributed by atoms with Gasteiger partial charge < -0.3 is 15.4 Å². The Kier molecular flexibility index (Phi) is 6.36. The smallest absolute Gasteiger partial charge is 0.319 e. The molecule has 0 saturated heterocycles. The molecule has 0 spiro atoms. The number of methoxy groups -OCH3 is 1. The first-order valence-electron chi connectivity index (χ1n) is 7.13. The van der Waals surface area contributed by atoms with Gasteiger partial charge in [0.05, 0.1) is 7.11 Å². The second-order valence-corrected chi connectivity index (χ2v) is 5.72. The van der Waals surface area contributed by atoms with Gasteiger partial charge in [-0.15, -0.1) is 0 Å². The molecule has 0 aliphatic carbocycles. The van der Waals surface area contributed by atoms with Crippen LogP contribution in [0.25, 0.3) is 0 Å². The molecule has 20 heavy (non-hydrogen) atoms. The zero-order valence-corrected chi connectivity index (χ0v) is 13.1. The summed E-state index contributed by atoms with van der Waals surface area (Å²) >= 11 is 0. The lowest BCUT2D eigenvalue weighted by Crippen LogP contribution is -2.36. The van der Waals surface area contributed by atoms with Gasteiger partial charge in [-0.05, 0) is 42.0 Å². The fourth-order valence-electron chi connectivity index (χ4n) is 2.30. The maximum atomic E-state index is 11.9. The van der Waals surface area contributed by atoms with Crippen LogP contribution in [0.1, 0.15) is 27.7 Å². The molecule has 2 amide bonds. The van der Waals surface area contributed by atoms with Gasteiger partial charge in [0.25, 0.3) is 0 Å². The highest BCUT2D eigenvalue weighted by molar-refractivity contribution is 5.89. The van der Waals surface area contributed by atoms with E-state index in [1.54, 1.807) is 7.11 Å². The van der Waals surface area contributed by atoms with Gasteiger partial charge >= 0.3 is 6.03 Å². The minimum absolute atomic E-state index is 0.165. The van der Waals surface area contributed by atoms with E-state index in [9.17, 15) is 4.79 Å². The maximum absolute atomic E-state index is 11.9. The number of hydrogen-bond donors (Lipinski definition) is 2. The molecular weight excluding hydrogens is 252 g/mol. The van der Waals surface area contributed by atoms with Gasteiger partial charge in [0.1, 0.15) is 5.75 Å². The van der Waals surface area contributed by atoms with Crippen molar-refractivity contribution in [2.24, 2.45) is 17.8 Å². The van der Waals surface area contributed by atoms with Crippen molar-refractivity contribution >= 4 is 11.7 Å². The Hall–Kier alpha value is -1.71. The first kappa shape index (κ1) is 16.3. The Morgan fingerprint density at radius 2 is 1.65 bits per heavy atom. The summed E-state index contributed by atoms with van der Waals surface area (Å²) in [5.74, 6) is 2.36. The summed E-state index contributed by atoms with van der Waals surface area (Å²) in [4.78, 5) is 11.9. The molecule has 0 aliphatic heterocycles. The highest BCUT2D eigenvalue weighted by Gasteiger charge is 2.18. The molecule has 2 N–H and O–H groups in total. The average molecular weight is 278 g/mol. The average Bonchev–Trinajstić information content (AvgIpc) is 2.39. The minimum Gasteiger partial charge on any atom is -0.497 e. The van der Waals surface area contributed by atoms with Crippen molar-refractivity contribution < 1.29 is 9.53 Å². The molecule has 1 aromatic rings. The van der Waals surface area contributed by atoms with Crippen LogP contribution in [0.4, 0.5) is 10.5 Å². The van der Waals surface area contributed by atoms with Crippen LogP contribution in [0.15, 0.2) is 24.3 Å². The van der Waals surface area contributed by atoms with Crippen molar-refractivity contribution in [3.8, 4) is 5.75 Å². The second kappa shape index (κ2) is 7.78. The van der Waals surface area contributed by atoms with E-state index < -0.39 is 0 Å². The van der Waals surface area contributed by atoms with E-state index in [0.29, 0.717) is 24.3 Å². The third-order valence-electron chi connectivity index (χ3n) is 3.56. The number of nitrogens with one attached hydrogen (secondary N) is 2. The highest BCUT2D eigenvalue weighted by Crippen LogP contribution is 2.19. The zero-order chi connectivity index (χ0) is 15.1. The van der Waals surface area contributed by atoms with Crippen molar-refractivity contribution in [3.63, 3.8) is 0 Å². The Morgan fingerprint density at radius 3 is 2.10 bits per heavy atom.